The number of rotatable bonds is 4. The van der Waals surface area contributed by atoms with Gasteiger partial charge in [0.25, 0.3) is 0 Å². The molecule has 1 aromatic heterocycles. The predicted molar refractivity (Wildman–Crippen MR) is 70.9 cm³/mol. The summed E-state index contributed by atoms with van der Waals surface area (Å²) in [5.41, 5.74) is 0.602. The monoisotopic (exact) mass is 282 g/mol. The molecule has 0 bridgehead atoms. The van der Waals surface area contributed by atoms with Crippen LogP contribution < -0.4 is 0 Å². The van der Waals surface area contributed by atoms with E-state index in [0.29, 0.717) is 11.0 Å². The Morgan fingerprint density at radius 3 is 2.53 bits per heavy atom. The molecule has 6 heteroatoms. The summed E-state index contributed by atoms with van der Waals surface area (Å²) in [7, 11) is -3.39. The smallest absolute Gasteiger partial charge is 0.372 e. The summed E-state index contributed by atoms with van der Waals surface area (Å²) in [6, 6.07) is 6.71. The highest BCUT2D eigenvalue weighted by Crippen LogP contribution is 2.28. The summed E-state index contributed by atoms with van der Waals surface area (Å²) in [4.78, 5) is 11.2. The molecule has 0 aliphatic heterocycles. The third kappa shape index (κ3) is 2.49. The van der Waals surface area contributed by atoms with E-state index in [1.165, 1.54) is 0 Å². The van der Waals surface area contributed by atoms with E-state index in [9.17, 15) is 13.2 Å². The van der Waals surface area contributed by atoms with Gasteiger partial charge in [0.05, 0.1) is 11.0 Å². The van der Waals surface area contributed by atoms with Gasteiger partial charge < -0.3 is 9.52 Å². The first-order valence-corrected chi connectivity index (χ1v) is 7.49. The summed E-state index contributed by atoms with van der Waals surface area (Å²) in [5.74, 6) is -1.89. The van der Waals surface area contributed by atoms with Crippen LogP contribution in [0.1, 0.15) is 30.0 Å². The fourth-order valence-electron chi connectivity index (χ4n) is 1.78. The SMILES string of the molecule is CC(C)S(=O)(=O)Cc1c(C(=O)O)oc2ccccc12. The molecule has 0 saturated carbocycles. The molecule has 0 radical (unpaired) electrons. The fourth-order valence-corrected chi connectivity index (χ4v) is 2.81. The Bertz CT molecular complexity index is 725. The average molecular weight is 282 g/mol. The van der Waals surface area contributed by atoms with Crippen molar-refractivity contribution in [3.05, 3.63) is 35.6 Å². The van der Waals surface area contributed by atoms with E-state index in [2.05, 4.69) is 0 Å². The first kappa shape index (κ1) is 13.6. The minimum absolute atomic E-state index is 0.219. The highest BCUT2D eigenvalue weighted by molar-refractivity contribution is 7.91. The van der Waals surface area contributed by atoms with Crippen LogP contribution in [0.4, 0.5) is 0 Å². The van der Waals surface area contributed by atoms with Crippen molar-refractivity contribution in [2.75, 3.05) is 0 Å². The summed E-state index contributed by atoms with van der Waals surface area (Å²) >= 11 is 0. The fraction of sp³-hybridized carbons (Fsp3) is 0.308. The lowest BCUT2D eigenvalue weighted by Gasteiger charge is -2.07. The molecule has 1 heterocycles. The van der Waals surface area contributed by atoms with Crippen molar-refractivity contribution < 1.29 is 22.7 Å². The topological polar surface area (TPSA) is 84.6 Å². The van der Waals surface area contributed by atoms with Crippen LogP contribution in [0, 0.1) is 0 Å². The van der Waals surface area contributed by atoms with Gasteiger partial charge in [-0.15, -0.1) is 0 Å². The lowest BCUT2D eigenvalue weighted by atomic mass is 10.1. The van der Waals surface area contributed by atoms with Crippen LogP contribution in [0.5, 0.6) is 0 Å². The maximum atomic E-state index is 12.0. The Hall–Kier alpha value is -1.82. The molecule has 5 nitrogen and oxygen atoms in total. The second kappa shape index (κ2) is 4.70. The Morgan fingerprint density at radius 1 is 1.32 bits per heavy atom. The lowest BCUT2D eigenvalue weighted by molar-refractivity contribution is 0.0664. The van der Waals surface area contributed by atoms with Crippen molar-refractivity contribution in [1.82, 2.24) is 0 Å². The summed E-state index contributed by atoms with van der Waals surface area (Å²) in [6.07, 6.45) is 0. The minimum atomic E-state index is -3.39. The van der Waals surface area contributed by atoms with Crippen molar-refractivity contribution in [3.8, 4) is 0 Å². The normalized spacial score (nSPS) is 12.2. The highest BCUT2D eigenvalue weighted by atomic mass is 32.2. The molecule has 0 saturated heterocycles. The van der Waals surface area contributed by atoms with Gasteiger partial charge in [-0.1, -0.05) is 18.2 Å². The number of para-hydroxylation sites is 1. The van der Waals surface area contributed by atoms with Crippen LogP contribution in [0.25, 0.3) is 11.0 Å². The second-order valence-electron chi connectivity index (χ2n) is 4.57. The van der Waals surface area contributed by atoms with Crippen LogP contribution in [0.3, 0.4) is 0 Å². The molecule has 1 N–H and O–H groups in total. The van der Waals surface area contributed by atoms with Crippen LogP contribution in [0.2, 0.25) is 0 Å². The number of carboxylic acid groups (broad SMARTS) is 1. The van der Waals surface area contributed by atoms with Gasteiger partial charge in [0, 0.05) is 10.9 Å². The van der Waals surface area contributed by atoms with Crippen molar-refractivity contribution in [3.63, 3.8) is 0 Å². The van der Waals surface area contributed by atoms with Crippen molar-refractivity contribution >= 4 is 26.8 Å². The van der Waals surface area contributed by atoms with Gasteiger partial charge in [-0.2, -0.15) is 0 Å². The zero-order valence-corrected chi connectivity index (χ0v) is 11.4. The van der Waals surface area contributed by atoms with Gasteiger partial charge in [-0.25, -0.2) is 13.2 Å². The third-order valence-corrected chi connectivity index (χ3v) is 5.08. The number of furan rings is 1. The van der Waals surface area contributed by atoms with E-state index >= 15 is 0 Å². The molecular weight excluding hydrogens is 268 g/mol. The Balaban J connectivity index is 2.64. The van der Waals surface area contributed by atoms with Gasteiger partial charge in [-0.3, -0.25) is 0 Å². The number of benzene rings is 1. The van der Waals surface area contributed by atoms with Gasteiger partial charge in [-0.05, 0) is 19.9 Å². The van der Waals surface area contributed by atoms with E-state index in [-0.39, 0.29) is 17.1 Å². The number of aromatic carboxylic acids is 1. The molecule has 102 valence electrons. The Labute approximate surface area is 110 Å². The number of hydrogen-bond donors (Lipinski definition) is 1. The predicted octanol–water partition coefficient (Wildman–Crippen LogP) is 2.45. The van der Waals surface area contributed by atoms with Crippen LogP contribution in [0.15, 0.2) is 28.7 Å². The molecule has 0 aliphatic rings. The number of sulfone groups is 1. The van der Waals surface area contributed by atoms with Crippen LogP contribution in [-0.2, 0) is 15.6 Å². The number of fused-ring (bicyclic) bond motifs is 1. The first-order valence-electron chi connectivity index (χ1n) is 5.78. The standard InChI is InChI=1S/C13H14O5S/c1-8(2)19(16,17)7-10-9-5-3-4-6-11(9)18-12(10)13(14)15/h3-6,8H,7H2,1-2H3,(H,14,15). The van der Waals surface area contributed by atoms with E-state index < -0.39 is 21.1 Å². The molecule has 2 rings (SSSR count). The molecule has 0 fully saturated rings. The molecule has 0 unspecified atom stereocenters. The molecule has 0 atom stereocenters. The number of carbonyl (C=O) groups is 1. The maximum Gasteiger partial charge on any atom is 0.372 e. The van der Waals surface area contributed by atoms with Crippen LogP contribution >= 0.6 is 0 Å². The Morgan fingerprint density at radius 2 is 1.95 bits per heavy atom. The molecular formula is C13H14O5S. The van der Waals surface area contributed by atoms with Gasteiger partial charge in [0.15, 0.2) is 9.84 Å². The summed E-state index contributed by atoms with van der Waals surface area (Å²) < 4.78 is 29.2. The zero-order valence-electron chi connectivity index (χ0n) is 10.6. The number of carboxylic acids is 1. The largest absolute Gasteiger partial charge is 0.475 e. The molecule has 0 spiro atoms. The van der Waals surface area contributed by atoms with Crippen molar-refractivity contribution in [1.29, 1.82) is 0 Å². The first-order chi connectivity index (χ1) is 8.83. The summed E-state index contributed by atoms with van der Waals surface area (Å²) in [6.45, 7) is 3.14. The summed E-state index contributed by atoms with van der Waals surface area (Å²) in [5, 5.41) is 9.08. The van der Waals surface area contributed by atoms with E-state index in [1.807, 2.05) is 0 Å². The second-order valence-corrected chi connectivity index (χ2v) is 7.12. The molecule has 2 aromatic rings. The minimum Gasteiger partial charge on any atom is -0.475 e. The van der Waals surface area contributed by atoms with Gasteiger partial charge in [0.1, 0.15) is 5.58 Å². The lowest BCUT2D eigenvalue weighted by Crippen LogP contribution is -2.17. The van der Waals surface area contributed by atoms with E-state index in [4.69, 9.17) is 9.52 Å². The molecule has 0 aliphatic carbocycles. The number of hydrogen-bond acceptors (Lipinski definition) is 4. The maximum absolute atomic E-state index is 12.0. The average Bonchev–Trinajstić information content (AvgIpc) is 2.68. The van der Waals surface area contributed by atoms with Crippen molar-refractivity contribution in [2.45, 2.75) is 24.9 Å². The van der Waals surface area contributed by atoms with Gasteiger partial charge in [0.2, 0.25) is 5.76 Å². The van der Waals surface area contributed by atoms with Gasteiger partial charge >= 0.3 is 5.97 Å². The van der Waals surface area contributed by atoms with Crippen molar-refractivity contribution in [2.24, 2.45) is 0 Å². The van der Waals surface area contributed by atoms with E-state index in [0.717, 1.165) is 0 Å². The highest BCUT2D eigenvalue weighted by Gasteiger charge is 2.26. The van der Waals surface area contributed by atoms with E-state index in [1.54, 1.807) is 38.1 Å². The molecule has 0 amide bonds. The third-order valence-electron chi connectivity index (χ3n) is 2.96. The zero-order chi connectivity index (χ0) is 14.2. The molecule has 19 heavy (non-hydrogen) atoms. The Kier molecular flexibility index (Phi) is 3.36. The molecule has 1 aromatic carbocycles. The van der Waals surface area contributed by atoms with Crippen LogP contribution in [-0.4, -0.2) is 24.7 Å². The quantitative estimate of drug-likeness (QED) is 0.931.